The van der Waals surface area contributed by atoms with Crippen molar-refractivity contribution < 1.29 is 4.79 Å². The van der Waals surface area contributed by atoms with Crippen molar-refractivity contribution >= 4 is 16.9 Å². The van der Waals surface area contributed by atoms with Gasteiger partial charge in [0.05, 0.1) is 17.1 Å². The van der Waals surface area contributed by atoms with Gasteiger partial charge in [0.15, 0.2) is 0 Å². The van der Waals surface area contributed by atoms with E-state index in [9.17, 15) is 4.79 Å². The minimum absolute atomic E-state index is 0.0930. The van der Waals surface area contributed by atoms with Gasteiger partial charge in [-0.25, -0.2) is 4.98 Å². The van der Waals surface area contributed by atoms with Crippen molar-refractivity contribution in [2.45, 2.75) is 18.9 Å². The highest BCUT2D eigenvalue weighted by molar-refractivity contribution is 5.95. The predicted octanol–water partition coefficient (Wildman–Crippen LogP) is 4.70. The first-order valence-corrected chi connectivity index (χ1v) is 10.3. The van der Waals surface area contributed by atoms with E-state index >= 15 is 0 Å². The Hall–Kier alpha value is -3.44. The molecule has 152 valence electrons. The van der Waals surface area contributed by atoms with Crippen LogP contribution in [0.3, 0.4) is 0 Å². The Kier molecular flexibility index (Phi) is 6.20. The molecule has 1 heterocycles. The summed E-state index contributed by atoms with van der Waals surface area (Å²) in [7, 11) is 1.93. The first-order valence-electron chi connectivity index (χ1n) is 10.3. The van der Waals surface area contributed by atoms with Crippen LogP contribution in [0.4, 0.5) is 0 Å². The first-order chi connectivity index (χ1) is 14.7. The van der Waals surface area contributed by atoms with Crippen molar-refractivity contribution in [2.24, 2.45) is 0 Å². The molecule has 5 nitrogen and oxygen atoms in total. The van der Waals surface area contributed by atoms with Crippen LogP contribution < -0.4 is 10.6 Å². The number of benzene rings is 3. The van der Waals surface area contributed by atoms with E-state index in [1.807, 2.05) is 73.8 Å². The third kappa shape index (κ3) is 4.58. The molecule has 0 aliphatic carbocycles. The molecular weight excluding hydrogens is 372 g/mol. The van der Waals surface area contributed by atoms with Crippen molar-refractivity contribution in [2.75, 3.05) is 13.6 Å². The molecule has 1 aromatic heterocycles. The number of rotatable bonds is 8. The van der Waals surface area contributed by atoms with Gasteiger partial charge in [-0.3, -0.25) is 4.79 Å². The van der Waals surface area contributed by atoms with Gasteiger partial charge in [-0.2, -0.15) is 0 Å². The van der Waals surface area contributed by atoms with Gasteiger partial charge >= 0.3 is 0 Å². The second-order valence-electron chi connectivity index (χ2n) is 7.35. The number of amides is 1. The number of aromatic amines is 1. The lowest BCUT2D eigenvalue weighted by molar-refractivity contribution is 0.0932. The molecule has 0 saturated carbocycles. The SMILES string of the molecule is CNCCCC(NC(=O)c1ccc(-c2ccccc2)cc1)c1nc2ccccc2[nH]1. The summed E-state index contributed by atoms with van der Waals surface area (Å²) in [6.45, 7) is 0.887. The fourth-order valence-electron chi connectivity index (χ4n) is 3.58. The van der Waals surface area contributed by atoms with Crippen LogP contribution in [-0.2, 0) is 0 Å². The Bertz CT molecular complexity index is 1070. The van der Waals surface area contributed by atoms with E-state index < -0.39 is 0 Å². The topological polar surface area (TPSA) is 69.8 Å². The Morgan fingerprint density at radius 2 is 1.63 bits per heavy atom. The molecule has 3 N–H and O–H groups in total. The third-order valence-electron chi connectivity index (χ3n) is 5.22. The van der Waals surface area contributed by atoms with Crippen molar-refractivity contribution in [1.82, 2.24) is 20.6 Å². The maximum atomic E-state index is 13.0. The molecule has 3 aromatic carbocycles. The van der Waals surface area contributed by atoms with Crippen LogP contribution in [0.15, 0.2) is 78.9 Å². The number of carbonyl (C=O) groups excluding carboxylic acids is 1. The van der Waals surface area contributed by atoms with Crippen LogP contribution in [0, 0.1) is 0 Å². The van der Waals surface area contributed by atoms with Gasteiger partial charge in [-0.1, -0.05) is 54.6 Å². The quantitative estimate of drug-likeness (QED) is 0.377. The number of hydrogen-bond donors (Lipinski definition) is 3. The second-order valence-corrected chi connectivity index (χ2v) is 7.35. The molecule has 1 unspecified atom stereocenters. The molecule has 0 saturated heterocycles. The van der Waals surface area contributed by atoms with Crippen LogP contribution in [0.1, 0.15) is 35.1 Å². The zero-order valence-corrected chi connectivity index (χ0v) is 17.1. The molecule has 5 heteroatoms. The minimum Gasteiger partial charge on any atom is -0.342 e. The predicted molar refractivity (Wildman–Crippen MR) is 121 cm³/mol. The Labute approximate surface area is 176 Å². The number of hydrogen-bond acceptors (Lipinski definition) is 3. The number of imidazole rings is 1. The van der Waals surface area contributed by atoms with E-state index in [4.69, 9.17) is 4.98 Å². The molecule has 0 aliphatic rings. The molecule has 4 rings (SSSR count). The molecule has 0 bridgehead atoms. The standard InChI is InChI=1S/C25H26N4O/c1-26-17-7-12-23(24-27-21-10-5-6-11-22(21)28-24)29-25(30)20-15-13-19(14-16-20)18-8-3-2-4-9-18/h2-6,8-11,13-16,23,26H,7,12,17H2,1H3,(H,27,28)(H,29,30). The molecule has 0 radical (unpaired) electrons. The number of aromatic nitrogens is 2. The van der Waals surface area contributed by atoms with Crippen LogP contribution in [0.2, 0.25) is 0 Å². The lowest BCUT2D eigenvalue weighted by atomic mass is 10.0. The van der Waals surface area contributed by atoms with E-state index in [1.165, 1.54) is 0 Å². The maximum Gasteiger partial charge on any atom is 0.251 e. The summed E-state index contributed by atoms with van der Waals surface area (Å²) in [6.07, 6.45) is 1.74. The summed E-state index contributed by atoms with van der Waals surface area (Å²) in [4.78, 5) is 21.0. The summed E-state index contributed by atoms with van der Waals surface area (Å²) < 4.78 is 0. The number of nitrogens with one attached hydrogen (secondary N) is 3. The Morgan fingerprint density at radius 3 is 2.37 bits per heavy atom. The lowest BCUT2D eigenvalue weighted by Gasteiger charge is -2.17. The lowest BCUT2D eigenvalue weighted by Crippen LogP contribution is -2.30. The van der Waals surface area contributed by atoms with Gasteiger partial charge in [0.25, 0.3) is 5.91 Å². The van der Waals surface area contributed by atoms with E-state index in [2.05, 4.69) is 27.8 Å². The van der Waals surface area contributed by atoms with Crippen molar-refractivity contribution in [1.29, 1.82) is 0 Å². The van der Waals surface area contributed by atoms with E-state index in [1.54, 1.807) is 0 Å². The number of H-pyrrole nitrogens is 1. The van der Waals surface area contributed by atoms with Crippen molar-refractivity contribution in [3.8, 4) is 11.1 Å². The number of nitrogens with zero attached hydrogens (tertiary/aromatic N) is 1. The monoisotopic (exact) mass is 398 g/mol. The smallest absolute Gasteiger partial charge is 0.251 e. The molecule has 0 aliphatic heterocycles. The Morgan fingerprint density at radius 1 is 0.933 bits per heavy atom. The highest BCUT2D eigenvalue weighted by Crippen LogP contribution is 2.22. The molecule has 0 fully saturated rings. The van der Waals surface area contributed by atoms with Crippen LogP contribution in [0.25, 0.3) is 22.2 Å². The molecule has 1 atom stereocenters. The van der Waals surface area contributed by atoms with Crippen LogP contribution in [-0.4, -0.2) is 29.5 Å². The normalized spacial score (nSPS) is 12.0. The molecule has 4 aromatic rings. The highest BCUT2D eigenvalue weighted by atomic mass is 16.1. The maximum absolute atomic E-state index is 13.0. The second kappa shape index (κ2) is 9.37. The van der Waals surface area contributed by atoms with Crippen LogP contribution in [0.5, 0.6) is 0 Å². The van der Waals surface area contributed by atoms with Gasteiger partial charge in [-0.15, -0.1) is 0 Å². The zero-order chi connectivity index (χ0) is 20.8. The number of fused-ring (bicyclic) bond motifs is 1. The van der Waals surface area contributed by atoms with Gasteiger partial charge in [0.2, 0.25) is 0 Å². The largest absolute Gasteiger partial charge is 0.342 e. The van der Waals surface area contributed by atoms with E-state index in [-0.39, 0.29) is 11.9 Å². The molecule has 0 spiro atoms. The van der Waals surface area contributed by atoms with Gasteiger partial charge in [0.1, 0.15) is 5.82 Å². The summed E-state index contributed by atoms with van der Waals surface area (Å²) in [5, 5.41) is 6.33. The van der Waals surface area contributed by atoms with E-state index in [0.29, 0.717) is 5.56 Å². The van der Waals surface area contributed by atoms with Crippen molar-refractivity contribution in [3.05, 3.63) is 90.3 Å². The highest BCUT2D eigenvalue weighted by Gasteiger charge is 2.19. The number of para-hydroxylation sites is 2. The summed E-state index contributed by atoms with van der Waals surface area (Å²) in [5.41, 5.74) is 4.76. The van der Waals surface area contributed by atoms with E-state index in [0.717, 1.165) is 47.4 Å². The summed E-state index contributed by atoms with van der Waals surface area (Å²) >= 11 is 0. The average Bonchev–Trinajstić information content (AvgIpc) is 3.23. The van der Waals surface area contributed by atoms with Gasteiger partial charge in [-0.05, 0) is 61.8 Å². The Balaban J connectivity index is 1.52. The minimum atomic E-state index is -0.174. The van der Waals surface area contributed by atoms with Gasteiger partial charge in [0, 0.05) is 5.56 Å². The summed E-state index contributed by atoms with van der Waals surface area (Å²) in [6, 6.07) is 25.6. The van der Waals surface area contributed by atoms with Crippen LogP contribution >= 0.6 is 0 Å². The summed E-state index contributed by atoms with van der Waals surface area (Å²) in [5.74, 6) is 0.700. The first kappa shape index (κ1) is 19.9. The zero-order valence-electron chi connectivity index (χ0n) is 17.1. The average molecular weight is 399 g/mol. The molecule has 1 amide bonds. The number of carbonyl (C=O) groups is 1. The molecule has 30 heavy (non-hydrogen) atoms. The third-order valence-corrected chi connectivity index (χ3v) is 5.22. The van der Waals surface area contributed by atoms with Crippen molar-refractivity contribution in [3.63, 3.8) is 0 Å². The fourth-order valence-corrected chi connectivity index (χ4v) is 3.58. The van der Waals surface area contributed by atoms with Gasteiger partial charge < -0.3 is 15.6 Å². The fraction of sp³-hybridized carbons (Fsp3) is 0.200. The molecular formula is C25H26N4O.